The Hall–Kier alpha value is -5.32. The minimum absolute atomic E-state index is 0.642. The fraction of sp³-hybridized carbons (Fsp3) is 0. The van der Waals surface area contributed by atoms with Gasteiger partial charge in [-0.25, -0.2) is 0 Å². The first-order valence-electron chi connectivity index (χ1n) is 11.5. The summed E-state index contributed by atoms with van der Waals surface area (Å²) in [5, 5.41) is 22.2. The van der Waals surface area contributed by atoms with Gasteiger partial charge in [0.05, 0.1) is 23.3 Å². The van der Waals surface area contributed by atoms with Crippen molar-refractivity contribution in [2.24, 2.45) is 0 Å². The summed E-state index contributed by atoms with van der Waals surface area (Å²) in [6.45, 7) is 0. The highest BCUT2D eigenvalue weighted by atomic mass is 16.4. The minimum Gasteiger partial charge on any atom is -0.452 e. The van der Waals surface area contributed by atoms with E-state index >= 15 is 0 Å². The number of benzene rings is 5. The SMILES string of the molecule is N#Cc1ccc(-c2ccc3oc4c(ccc5c6cc(-c7ccc(C#N)cc7)ccc6oc54)c3c2)cc1. The van der Waals surface area contributed by atoms with Crippen LogP contribution in [0.2, 0.25) is 0 Å². The third-order valence-electron chi connectivity index (χ3n) is 6.77. The molecule has 4 heteroatoms. The van der Waals surface area contributed by atoms with Gasteiger partial charge in [-0.2, -0.15) is 10.5 Å². The van der Waals surface area contributed by atoms with Gasteiger partial charge in [0, 0.05) is 21.5 Å². The van der Waals surface area contributed by atoms with Crippen LogP contribution in [0.1, 0.15) is 11.1 Å². The molecule has 0 radical (unpaired) electrons. The van der Waals surface area contributed by atoms with Gasteiger partial charge in [0.1, 0.15) is 11.2 Å². The average molecular weight is 460 g/mol. The Morgan fingerprint density at radius 1 is 0.417 bits per heavy atom. The van der Waals surface area contributed by atoms with Crippen LogP contribution in [-0.2, 0) is 0 Å². The summed E-state index contributed by atoms with van der Waals surface area (Å²) in [6.07, 6.45) is 0. The number of fused-ring (bicyclic) bond motifs is 7. The lowest BCUT2D eigenvalue weighted by Gasteiger charge is -2.02. The maximum atomic E-state index is 9.08. The zero-order valence-electron chi connectivity index (χ0n) is 18.9. The first-order valence-corrected chi connectivity index (χ1v) is 11.5. The molecule has 0 aliphatic heterocycles. The molecule has 0 amide bonds. The van der Waals surface area contributed by atoms with Gasteiger partial charge in [-0.1, -0.05) is 36.4 Å². The van der Waals surface area contributed by atoms with Crippen molar-refractivity contribution in [3.05, 3.63) is 108 Å². The molecular formula is C32H16N2O2. The van der Waals surface area contributed by atoms with E-state index in [1.807, 2.05) is 72.8 Å². The summed E-state index contributed by atoms with van der Waals surface area (Å²) in [6, 6.07) is 36.0. The van der Waals surface area contributed by atoms with Gasteiger partial charge >= 0.3 is 0 Å². The van der Waals surface area contributed by atoms with E-state index in [0.717, 1.165) is 66.1 Å². The molecule has 4 nitrogen and oxygen atoms in total. The number of furan rings is 2. The number of hydrogen-bond acceptors (Lipinski definition) is 4. The average Bonchev–Trinajstić information content (AvgIpc) is 3.50. The first-order chi connectivity index (χ1) is 17.7. The summed E-state index contributed by atoms with van der Waals surface area (Å²) in [5.41, 5.74) is 8.56. The Balaban J connectivity index is 1.39. The highest BCUT2D eigenvalue weighted by Crippen LogP contribution is 2.40. The van der Waals surface area contributed by atoms with Crippen LogP contribution in [-0.4, -0.2) is 0 Å². The van der Waals surface area contributed by atoms with Crippen molar-refractivity contribution >= 4 is 43.9 Å². The second kappa shape index (κ2) is 7.60. The molecule has 0 saturated carbocycles. The molecule has 0 N–H and O–H groups in total. The second-order valence-corrected chi connectivity index (χ2v) is 8.82. The Bertz CT molecular complexity index is 1890. The first kappa shape index (κ1) is 20.1. The molecule has 0 spiro atoms. The highest BCUT2D eigenvalue weighted by molar-refractivity contribution is 6.19. The maximum absolute atomic E-state index is 9.08. The number of rotatable bonds is 2. The quantitative estimate of drug-likeness (QED) is 0.259. The van der Waals surface area contributed by atoms with Crippen molar-refractivity contribution in [1.29, 1.82) is 10.5 Å². The molecule has 0 fully saturated rings. The smallest absolute Gasteiger partial charge is 0.178 e. The lowest BCUT2D eigenvalue weighted by molar-refractivity contribution is 0.633. The second-order valence-electron chi connectivity index (χ2n) is 8.82. The number of hydrogen-bond donors (Lipinski definition) is 0. The van der Waals surface area contributed by atoms with Gasteiger partial charge in [-0.3, -0.25) is 0 Å². The van der Waals surface area contributed by atoms with Crippen molar-refractivity contribution in [2.75, 3.05) is 0 Å². The molecule has 0 saturated heterocycles. The topological polar surface area (TPSA) is 73.9 Å². The van der Waals surface area contributed by atoms with Gasteiger partial charge in [0.15, 0.2) is 11.2 Å². The Labute approximate surface area is 205 Å². The fourth-order valence-electron chi connectivity index (χ4n) is 4.90. The summed E-state index contributed by atoms with van der Waals surface area (Å²) in [4.78, 5) is 0. The van der Waals surface area contributed by atoms with Crippen molar-refractivity contribution in [3.8, 4) is 34.4 Å². The third-order valence-corrected chi connectivity index (χ3v) is 6.77. The molecular weight excluding hydrogens is 444 g/mol. The molecule has 0 atom stereocenters. The molecule has 7 aromatic rings. The predicted molar refractivity (Wildman–Crippen MR) is 141 cm³/mol. The third kappa shape index (κ3) is 2.99. The lowest BCUT2D eigenvalue weighted by atomic mass is 10.0. The maximum Gasteiger partial charge on any atom is 0.178 e. The van der Waals surface area contributed by atoms with Crippen LogP contribution in [0.15, 0.2) is 106 Å². The van der Waals surface area contributed by atoms with Crippen LogP contribution >= 0.6 is 0 Å². The van der Waals surface area contributed by atoms with E-state index in [1.165, 1.54) is 0 Å². The van der Waals surface area contributed by atoms with E-state index in [9.17, 15) is 0 Å². The number of nitrogens with zero attached hydrogens (tertiary/aromatic N) is 2. The van der Waals surface area contributed by atoms with E-state index in [4.69, 9.17) is 19.4 Å². The zero-order valence-corrected chi connectivity index (χ0v) is 18.9. The number of nitriles is 2. The van der Waals surface area contributed by atoms with Crippen LogP contribution < -0.4 is 0 Å². The van der Waals surface area contributed by atoms with Crippen LogP contribution in [0.5, 0.6) is 0 Å². The van der Waals surface area contributed by atoms with Crippen LogP contribution in [0.3, 0.4) is 0 Å². The Kier molecular flexibility index (Phi) is 4.24. The standard InChI is InChI=1S/C32H16N2O2/c33-17-19-1-5-21(6-2-19)23-9-13-29-27(15-23)25-11-12-26-28-16-24(22-7-3-20(18-34)4-8-22)10-14-30(28)36-32(26)31(25)35-29/h1-16H. The van der Waals surface area contributed by atoms with Crippen molar-refractivity contribution < 1.29 is 8.83 Å². The predicted octanol–water partition coefficient (Wildman–Crippen LogP) is 8.56. The molecule has 0 aliphatic carbocycles. The van der Waals surface area contributed by atoms with Crippen molar-refractivity contribution in [2.45, 2.75) is 0 Å². The Morgan fingerprint density at radius 2 is 0.806 bits per heavy atom. The van der Waals surface area contributed by atoms with Gasteiger partial charge in [-0.15, -0.1) is 0 Å². The monoisotopic (exact) mass is 460 g/mol. The van der Waals surface area contributed by atoms with Gasteiger partial charge in [-0.05, 0) is 82.9 Å². The molecule has 0 bridgehead atoms. The molecule has 0 unspecified atom stereocenters. The Morgan fingerprint density at radius 3 is 1.19 bits per heavy atom. The molecule has 5 aromatic carbocycles. The largest absolute Gasteiger partial charge is 0.452 e. The molecule has 36 heavy (non-hydrogen) atoms. The zero-order chi connectivity index (χ0) is 24.2. The van der Waals surface area contributed by atoms with Crippen molar-refractivity contribution in [3.63, 3.8) is 0 Å². The summed E-state index contributed by atoms with van der Waals surface area (Å²) < 4.78 is 12.6. The van der Waals surface area contributed by atoms with Gasteiger partial charge in [0.2, 0.25) is 0 Å². The van der Waals surface area contributed by atoms with Crippen LogP contribution in [0.4, 0.5) is 0 Å². The normalized spacial score (nSPS) is 11.3. The minimum atomic E-state index is 0.642. The van der Waals surface area contributed by atoms with E-state index < -0.39 is 0 Å². The summed E-state index contributed by atoms with van der Waals surface area (Å²) in [7, 11) is 0. The van der Waals surface area contributed by atoms with Crippen LogP contribution in [0, 0.1) is 22.7 Å². The van der Waals surface area contributed by atoms with Gasteiger partial charge in [0.25, 0.3) is 0 Å². The molecule has 7 rings (SSSR count). The molecule has 0 aliphatic rings. The highest BCUT2D eigenvalue weighted by Gasteiger charge is 2.17. The van der Waals surface area contributed by atoms with Crippen LogP contribution in [0.25, 0.3) is 66.1 Å². The van der Waals surface area contributed by atoms with E-state index in [0.29, 0.717) is 11.1 Å². The lowest BCUT2D eigenvalue weighted by Crippen LogP contribution is -1.79. The molecule has 2 heterocycles. The summed E-state index contributed by atoms with van der Waals surface area (Å²) >= 11 is 0. The molecule has 2 aromatic heterocycles. The van der Waals surface area contributed by atoms with E-state index in [-0.39, 0.29) is 0 Å². The van der Waals surface area contributed by atoms with E-state index in [1.54, 1.807) is 0 Å². The fourth-order valence-corrected chi connectivity index (χ4v) is 4.90. The van der Waals surface area contributed by atoms with Gasteiger partial charge < -0.3 is 8.83 Å². The van der Waals surface area contributed by atoms with E-state index in [2.05, 4.69) is 36.4 Å². The molecule has 166 valence electrons. The van der Waals surface area contributed by atoms with Crippen molar-refractivity contribution in [1.82, 2.24) is 0 Å². The summed E-state index contributed by atoms with van der Waals surface area (Å²) in [5.74, 6) is 0.